The van der Waals surface area contributed by atoms with E-state index in [-0.39, 0.29) is 18.9 Å². The Morgan fingerprint density at radius 2 is 1.93 bits per heavy atom. The number of hydrogen-bond donors (Lipinski definition) is 1. The van der Waals surface area contributed by atoms with Crippen LogP contribution in [-0.2, 0) is 6.54 Å². The van der Waals surface area contributed by atoms with Crippen LogP contribution in [0.25, 0.3) is 17.0 Å². The van der Waals surface area contributed by atoms with E-state index in [1.165, 1.54) is 18.2 Å². The Kier molecular flexibility index (Phi) is 6.17. The molecular formula is C19H15Cl2F3N2O2. The largest absolute Gasteiger partial charge is 0.573 e. The minimum absolute atomic E-state index is 0.0148. The third-order valence-electron chi connectivity index (χ3n) is 3.89. The predicted molar refractivity (Wildman–Crippen MR) is 103 cm³/mol. The van der Waals surface area contributed by atoms with E-state index in [9.17, 15) is 13.2 Å². The third kappa shape index (κ3) is 4.98. The van der Waals surface area contributed by atoms with Crippen LogP contribution >= 0.6 is 23.2 Å². The number of hydrogen-bond acceptors (Lipinski definition) is 3. The van der Waals surface area contributed by atoms with Crippen molar-refractivity contribution in [1.82, 2.24) is 9.78 Å². The summed E-state index contributed by atoms with van der Waals surface area (Å²) in [6, 6.07) is 9.03. The molecular weight excluding hydrogens is 416 g/mol. The fourth-order valence-electron chi connectivity index (χ4n) is 2.70. The van der Waals surface area contributed by atoms with Crippen LogP contribution in [0, 0.1) is 0 Å². The van der Waals surface area contributed by atoms with Crippen molar-refractivity contribution in [3.05, 3.63) is 63.8 Å². The molecule has 0 fully saturated rings. The fourth-order valence-corrected chi connectivity index (χ4v) is 3.17. The molecule has 0 bridgehead atoms. The summed E-state index contributed by atoms with van der Waals surface area (Å²) in [4.78, 5) is 0. The van der Waals surface area contributed by atoms with Crippen molar-refractivity contribution in [3.8, 4) is 5.75 Å². The molecule has 1 N–H and O–H groups in total. The van der Waals surface area contributed by atoms with Gasteiger partial charge < -0.3 is 9.84 Å². The number of halogens is 5. The molecule has 1 heterocycles. The average Bonchev–Trinajstić information content (AvgIpc) is 2.93. The van der Waals surface area contributed by atoms with E-state index in [2.05, 4.69) is 9.84 Å². The van der Waals surface area contributed by atoms with Crippen LogP contribution in [0.5, 0.6) is 5.75 Å². The standard InChI is InChI=1S/C19H15Cl2F3N2O2/c20-13-5-4-12(16(21)9-13)11-26-18-10-14(28-19(22,23)24)6-7-15(18)17(25-26)3-1-2-8-27/h1,3-7,9-10,27H,2,8,11H2/b3-1+. The van der Waals surface area contributed by atoms with E-state index >= 15 is 0 Å². The number of benzene rings is 2. The lowest BCUT2D eigenvalue weighted by molar-refractivity contribution is -0.274. The molecule has 3 rings (SSSR count). The second-order valence-electron chi connectivity index (χ2n) is 5.92. The highest BCUT2D eigenvalue weighted by molar-refractivity contribution is 6.35. The molecule has 0 radical (unpaired) electrons. The van der Waals surface area contributed by atoms with Crippen molar-refractivity contribution in [2.45, 2.75) is 19.3 Å². The van der Waals surface area contributed by atoms with Gasteiger partial charge in [0.2, 0.25) is 0 Å². The first-order chi connectivity index (χ1) is 13.3. The van der Waals surface area contributed by atoms with E-state index < -0.39 is 6.36 Å². The highest BCUT2D eigenvalue weighted by Crippen LogP contribution is 2.30. The van der Waals surface area contributed by atoms with Gasteiger partial charge in [0.1, 0.15) is 5.75 Å². The topological polar surface area (TPSA) is 47.3 Å². The van der Waals surface area contributed by atoms with Gasteiger partial charge in [-0.05, 0) is 42.3 Å². The Hall–Kier alpha value is -2.22. The summed E-state index contributed by atoms with van der Waals surface area (Å²) in [6.07, 6.45) is -0.904. The van der Waals surface area contributed by atoms with E-state index in [1.807, 2.05) is 0 Å². The lowest BCUT2D eigenvalue weighted by atomic mass is 10.1. The fraction of sp³-hybridized carbons (Fsp3) is 0.211. The number of rotatable bonds is 6. The summed E-state index contributed by atoms with van der Waals surface area (Å²) in [7, 11) is 0. The number of aromatic nitrogens is 2. The smallest absolute Gasteiger partial charge is 0.406 e. The molecule has 0 unspecified atom stereocenters. The minimum Gasteiger partial charge on any atom is -0.406 e. The van der Waals surface area contributed by atoms with E-state index in [4.69, 9.17) is 28.3 Å². The molecule has 148 valence electrons. The second-order valence-corrected chi connectivity index (χ2v) is 6.76. The van der Waals surface area contributed by atoms with Gasteiger partial charge in [-0.2, -0.15) is 5.10 Å². The maximum atomic E-state index is 12.6. The third-order valence-corrected chi connectivity index (χ3v) is 4.48. The van der Waals surface area contributed by atoms with Crippen LogP contribution in [0.15, 0.2) is 42.5 Å². The molecule has 0 saturated carbocycles. The van der Waals surface area contributed by atoms with Crippen molar-refractivity contribution in [1.29, 1.82) is 0 Å². The molecule has 2 aromatic carbocycles. The number of fused-ring (bicyclic) bond motifs is 1. The molecule has 0 aliphatic heterocycles. The quantitative estimate of drug-likeness (QED) is 0.546. The number of nitrogens with zero attached hydrogens (tertiary/aromatic N) is 2. The zero-order valence-corrected chi connectivity index (χ0v) is 15.9. The Bertz CT molecular complexity index is 1020. The molecule has 3 aromatic rings. The predicted octanol–water partition coefficient (Wildman–Crippen LogP) is 5.69. The van der Waals surface area contributed by atoms with Crippen LogP contribution in [0.1, 0.15) is 17.7 Å². The molecule has 1 aromatic heterocycles. The van der Waals surface area contributed by atoms with Gasteiger partial charge in [0, 0.05) is 28.1 Å². The van der Waals surface area contributed by atoms with Crippen LogP contribution in [0.2, 0.25) is 10.0 Å². The summed E-state index contributed by atoms with van der Waals surface area (Å²) in [5.74, 6) is -0.339. The van der Waals surface area contributed by atoms with Crippen LogP contribution in [-0.4, -0.2) is 27.9 Å². The van der Waals surface area contributed by atoms with Crippen molar-refractivity contribution in [2.24, 2.45) is 0 Å². The molecule has 9 heteroatoms. The van der Waals surface area contributed by atoms with Crippen molar-refractivity contribution in [3.63, 3.8) is 0 Å². The first kappa shape index (κ1) is 20.5. The first-order valence-electron chi connectivity index (χ1n) is 8.24. The molecule has 0 atom stereocenters. The molecule has 0 amide bonds. The summed E-state index contributed by atoms with van der Waals surface area (Å²) >= 11 is 12.1. The van der Waals surface area contributed by atoms with Gasteiger partial charge in [0.15, 0.2) is 0 Å². The summed E-state index contributed by atoms with van der Waals surface area (Å²) < 4.78 is 43.3. The maximum Gasteiger partial charge on any atom is 0.573 e. The normalized spacial score (nSPS) is 12.2. The highest BCUT2D eigenvalue weighted by Gasteiger charge is 2.31. The second kappa shape index (κ2) is 8.43. The number of aliphatic hydroxyl groups is 1. The average molecular weight is 431 g/mol. The van der Waals surface area contributed by atoms with Crippen LogP contribution in [0.3, 0.4) is 0 Å². The lowest BCUT2D eigenvalue weighted by Crippen LogP contribution is -2.17. The number of alkyl halides is 3. The van der Waals surface area contributed by atoms with Gasteiger partial charge in [-0.1, -0.05) is 35.3 Å². The van der Waals surface area contributed by atoms with Gasteiger partial charge in [-0.3, -0.25) is 4.68 Å². The van der Waals surface area contributed by atoms with Crippen molar-refractivity contribution < 1.29 is 23.0 Å². The van der Waals surface area contributed by atoms with Crippen LogP contribution in [0.4, 0.5) is 13.2 Å². The van der Waals surface area contributed by atoms with Crippen molar-refractivity contribution in [2.75, 3.05) is 6.61 Å². The highest BCUT2D eigenvalue weighted by atomic mass is 35.5. The zero-order chi connectivity index (χ0) is 20.3. The Morgan fingerprint density at radius 1 is 1.14 bits per heavy atom. The molecule has 4 nitrogen and oxygen atoms in total. The van der Waals surface area contributed by atoms with Gasteiger partial charge in [-0.15, -0.1) is 13.2 Å². The first-order valence-corrected chi connectivity index (χ1v) is 9.00. The lowest BCUT2D eigenvalue weighted by Gasteiger charge is -2.10. The van der Waals surface area contributed by atoms with E-state index in [1.54, 1.807) is 35.0 Å². The summed E-state index contributed by atoms with van der Waals surface area (Å²) in [6.45, 7) is 0.217. The van der Waals surface area contributed by atoms with Crippen molar-refractivity contribution >= 4 is 40.2 Å². The molecule has 0 aliphatic carbocycles. The molecule has 0 aliphatic rings. The Morgan fingerprint density at radius 3 is 2.61 bits per heavy atom. The molecule has 0 saturated heterocycles. The Balaban J connectivity index is 2.06. The Labute approximate surface area is 168 Å². The molecule has 28 heavy (non-hydrogen) atoms. The van der Waals surface area contributed by atoms with E-state index in [0.717, 1.165) is 0 Å². The van der Waals surface area contributed by atoms with Gasteiger partial charge in [-0.25, -0.2) is 0 Å². The van der Waals surface area contributed by atoms with Gasteiger partial charge >= 0.3 is 6.36 Å². The number of aliphatic hydroxyl groups excluding tert-OH is 1. The van der Waals surface area contributed by atoms with Gasteiger partial charge in [0.25, 0.3) is 0 Å². The van der Waals surface area contributed by atoms with Crippen LogP contribution < -0.4 is 4.74 Å². The maximum absolute atomic E-state index is 12.6. The van der Waals surface area contributed by atoms with E-state index in [0.29, 0.717) is 38.6 Å². The summed E-state index contributed by atoms with van der Waals surface area (Å²) in [5.41, 5.74) is 1.73. The molecule has 0 spiro atoms. The van der Waals surface area contributed by atoms with Gasteiger partial charge in [0.05, 0.1) is 17.8 Å². The summed E-state index contributed by atoms with van der Waals surface area (Å²) in [5, 5.41) is 15.0. The minimum atomic E-state index is -4.79. The number of ether oxygens (including phenoxy) is 1. The zero-order valence-electron chi connectivity index (χ0n) is 14.4. The monoisotopic (exact) mass is 430 g/mol. The SMILES string of the molecule is OCC/C=C/c1nn(Cc2ccc(Cl)cc2Cl)c2cc(OC(F)(F)F)ccc12.